The van der Waals surface area contributed by atoms with Gasteiger partial charge in [0.1, 0.15) is 12.4 Å². The van der Waals surface area contributed by atoms with Crippen molar-refractivity contribution in [1.29, 1.82) is 0 Å². The Morgan fingerprint density at radius 3 is 2.35 bits per heavy atom. The molecule has 0 aromatic heterocycles. The van der Waals surface area contributed by atoms with Crippen molar-refractivity contribution in [3.05, 3.63) is 65.2 Å². The highest BCUT2D eigenvalue weighted by molar-refractivity contribution is 5.79. The molecule has 1 N–H and O–H groups in total. The number of piperazine rings is 1. The van der Waals surface area contributed by atoms with Crippen molar-refractivity contribution < 1.29 is 23.1 Å². The summed E-state index contributed by atoms with van der Waals surface area (Å²) in [6.07, 6.45) is -2.18. The molecular formula is C23H27F2N3O3. The summed E-state index contributed by atoms with van der Waals surface area (Å²) in [6.45, 7) is 3.52. The molecule has 0 bridgehead atoms. The van der Waals surface area contributed by atoms with Gasteiger partial charge in [-0.05, 0) is 30.2 Å². The fourth-order valence-electron chi connectivity index (χ4n) is 3.35. The number of amides is 3. The molecule has 6 nitrogen and oxygen atoms in total. The summed E-state index contributed by atoms with van der Waals surface area (Å²) in [5, 5.41) is 2.83. The molecule has 3 amide bonds. The molecule has 1 fully saturated rings. The van der Waals surface area contributed by atoms with Gasteiger partial charge < -0.3 is 19.9 Å². The first-order valence-electron chi connectivity index (χ1n) is 10.3. The van der Waals surface area contributed by atoms with E-state index in [0.29, 0.717) is 38.3 Å². The number of nitrogens with one attached hydrogen (secondary N) is 1. The third-order valence-corrected chi connectivity index (χ3v) is 5.11. The van der Waals surface area contributed by atoms with Crippen LogP contribution in [-0.4, -0.2) is 60.9 Å². The molecule has 2 aromatic carbocycles. The molecule has 1 aliphatic heterocycles. The number of alkyl halides is 2. The van der Waals surface area contributed by atoms with Crippen LogP contribution in [0.3, 0.4) is 0 Å². The Kier molecular flexibility index (Phi) is 7.81. The minimum atomic E-state index is -2.54. The first-order valence-corrected chi connectivity index (χ1v) is 10.3. The number of aryl methyl sites for hydroxylation is 1. The number of hydrogen-bond acceptors (Lipinski definition) is 3. The smallest absolute Gasteiger partial charge is 0.317 e. The molecule has 0 unspecified atom stereocenters. The van der Waals surface area contributed by atoms with Gasteiger partial charge in [-0.25, -0.2) is 13.6 Å². The normalized spacial score (nSPS) is 13.9. The average molecular weight is 431 g/mol. The van der Waals surface area contributed by atoms with Crippen LogP contribution >= 0.6 is 0 Å². The molecule has 2 aromatic rings. The molecule has 1 heterocycles. The lowest BCUT2D eigenvalue weighted by atomic mass is 10.1. The van der Waals surface area contributed by atoms with E-state index in [1.54, 1.807) is 34.1 Å². The van der Waals surface area contributed by atoms with Gasteiger partial charge >= 0.3 is 6.03 Å². The second kappa shape index (κ2) is 10.7. The summed E-state index contributed by atoms with van der Waals surface area (Å²) < 4.78 is 29.5. The number of ether oxygens (including phenoxy) is 1. The number of rotatable bonds is 7. The number of benzene rings is 2. The maximum Gasteiger partial charge on any atom is 0.317 e. The summed E-state index contributed by atoms with van der Waals surface area (Å²) in [5.41, 5.74) is 2.89. The lowest BCUT2D eigenvalue weighted by molar-refractivity contribution is -0.131. The van der Waals surface area contributed by atoms with Crippen LogP contribution in [0, 0.1) is 6.92 Å². The lowest BCUT2D eigenvalue weighted by Crippen LogP contribution is -2.53. The highest BCUT2D eigenvalue weighted by Crippen LogP contribution is 2.14. The third-order valence-electron chi connectivity index (χ3n) is 5.11. The van der Waals surface area contributed by atoms with Crippen LogP contribution in [0.5, 0.6) is 5.75 Å². The van der Waals surface area contributed by atoms with Crippen molar-refractivity contribution in [3.63, 3.8) is 0 Å². The standard InChI is InChI=1S/C23H27F2N3O3/c1-17-5-7-18(8-6-17)14-22(29)27-9-11-28(12-10-27)23(30)26-15-19-3-2-4-20(13-19)31-16-21(24)25/h2-8,13,21H,9-12,14-16H2,1H3,(H,26,30). The molecule has 0 atom stereocenters. The van der Waals surface area contributed by atoms with Crippen LogP contribution in [-0.2, 0) is 17.8 Å². The van der Waals surface area contributed by atoms with E-state index in [4.69, 9.17) is 4.74 Å². The van der Waals surface area contributed by atoms with Gasteiger partial charge in [0.15, 0.2) is 0 Å². The Balaban J connectivity index is 1.42. The fourth-order valence-corrected chi connectivity index (χ4v) is 3.35. The van der Waals surface area contributed by atoms with E-state index in [1.807, 2.05) is 31.2 Å². The molecular weight excluding hydrogens is 404 g/mol. The largest absolute Gasteiger partial charge is 0.488 e. The highest BCUT2D eigenvalue weighted by Gasteiger charge is 2.24. The minimum Gasteiger partial charge on any atom is -0.488 e. The van der Waals surface area contributed by atoms with Gasteiger partial charge in [-0.15, -0.1) is 0 Å². The van der Waals surface area contributed by atoms with Gasteiger partial charge in [-0.1, -0.05) is 42.0 Å². The topological polar surface area (TPSA) is 61.9 Å². The molecule has 0 radical (unpaired) electrons. The van der Waals surface area contributed by atoms with Crippen LogP contribution in [0.1, 0.15) is 16.7 Å². The Morgan fingerprint density at radius 1 is 1.00 bits per heavy atom. The zero-order chi connectivity index (χ0) is 22.2. The Morgan fingerprint density at radius 2 is 1.68 bits per heavy atom. The van der Waals surface area contributed by atoms with Crippen LogP contribution < -0.4 is 10.1 Å². The number of carbonyl (C=O) groups is 2. The monoisotopic (exact) mass is 431 g/mol. The Labute approximate surface area is 180 Å². The zero-order valence-electron chi connectivity index (χ0n) is 17.5. The number of nitrogens with zero attached hydrogens (tertiary/aromatic N) is 2. The predicted molar refractivity (Wildman–Crippen MR) is 113 cm³/mol. The van der Waals surface area contributed by atoms with Crippen molar-refractivity contribution >= 4 is 11.9 Å². The van der Waals surface area contributed by atoms with Crippen molar-refractivity contribution in [2.45, 2.75) is 26.3 Å². The second-order valence-corrected chi connectivity index (χ2v) is 7.54. The van der Waals surface area contributed by atoms with E-state index in [-0.39, 0.29) is 18.5 Å². The van der Waals surface area contributed by atoms with Crippen molar-refractivity contribution in [3.8, 4) is 5.75 Å². The van der Waals surface area contributed by atoms with Crippen LogP contribution in [0.15, 0.2) is 48.5 Å². The average Bonchev–Trinajstić information content (AvgIpc) is 2.78. The summed E-state index contributed by atoms with van der Waals surface area (Å²) in [5.74, 6) is 0.400. The zero-order valence-corrected chi connectivity index (χ0v) is 17.5. The van der Waals surface area contributed by atoms with Crippen LogP contribution in [0.25, 0.3) is 0 Å². The SMILES string of the molecule is Cc1ccc(CC(=O)N2CCN(C(=O)NCc3cccc(OCC(F)F)c3)CC2)cc1. The molecule has 31 heavy (non-hydrogen) atoms. The molecule has 8 heteroatoms. The van der Waals surface area contributed by atoms with Gasteiger partial charge in [0.2, 0.25) is 5.91 Å². The molecule has 0 aliphatic carbocycles. The Hall–Kier alpha value is -3.16. The Bertz CT molecular complexity index is 882. The van der Waals surface area contributed by atoms with Crippen LogP contribution in [0.2, 0.25) is 0 Å². The third kappa shape index (κ3) is 6.94. The molecule has 0 saturated carbocycles. The van der Waals surface area contributed by atoms with Gasteiger partial charge in [0, 0.05) is 32.7 Å². The predicted octanol–water partition coefficient (Wildman–Crippen LogP) is 3.24. The fraction of sp³-hybridized carbons (Fsp3) is 0.391. The molecule has 1 saturated heterocycles. The van der Waals surface area contributed by atoms with Gasteiger partial charge in [0.25, 0.3) is 6.43 Å². The first-order chi connectivity index (χ1) is 14.9. The van der Waals surface area contributed by atoms with Gasteiger partial charge in [-0.2, -0.15) is 0 Å². The summed E-state index contributed by atoms with van der Waals surface area (Å²) >= 11 is 0. The van der Waals surface area contributed by atoms with E-state index >= 15 is 0 Å². The highest BCUT2D eigenvalue weighted by atomic mass is 19.3. The molecule has 0 spiro atoms. The lowest BCUT2D eigenvalue weighted by Gasteiger charge is -2.34. The number of halogens is 2. The minimum absolute atomic E-state index is 0.0597. The van der Waals surface area contributed by atoms with Crippen LogP contribution in [0.4, 0.5) is 13.6 Å². The molecule has 3 rings (SSSR count). The molecule has 166 valence electrons. The second-order valence-electron chi connectivity index (χ2n) is 7.54. The van der Waals surface area contributed by atoms with Crippen molar-refractivity contribution in [1.82, 2.24) is 15.1 Å². The quantitative estimate of drug-likeness (QED) is 0.732. The maximum absolute atomic E-state index is 12.5. The van der Waals surface area contributed by atoms with Gasteiger partial charge in [0.05, 0.1) is 6.42 Å². The van der Waals surface area contributed by atoms with Gasteiger partial charge in [-0.3, -0.25) is 4.79 Å². The first kappa shape index (κ1) is 22.5. The van der Waals surface area contributed by atoms with E-state index < -0.39 is 13.0 Å². The number of hydrogen-bond donors (Lipinski definition) is 1. The number of carbonyl (C=O) groups excluding carboxylic acids is 2. The van der Waals surface area contributed by atoms with E-state index in [1.165, 1.54) is 0 Å². The van der Waals surface area contributed by atoms with E-state index in [0.717, 1.165) is 16.7 Å². The van der Waals surface area contributed by atoms with Crippen molar-refractivity contribution in [2.75, 3.05) is 32.8 Å². The summed E-state index contributed by atoms with van der Waals surface area (Å²) in [7, 11) is 0. The maximum atomic E-state index is 12.5. The number of urea groups is 1. The summed E-state index contributed by atoms with van der Waals surface area (Å²) in [4.78, 5) is 28.4. The molecule has 1 aliphatic rings. The van der Waals surface area contributed by atoms with E-state index in [2.05, 4.69) is 5.32 Å². The van der Waals surface area contributed by atoms with E-state index in [9.17, 15) is 18.4 Å². The summed E-state index contributed by atoms with van der Waals surface area (Å²) in [6, 6.07) is 14.4. The van der Waals surface area contributed by atoms with Crippen molar-refractivity contribution in [2.24, 2.45) is 0 Å².